The minimum absolute atomic E-state index is 0.0273. The molecule has 0 fully saturated rings. The van der Waals surface area contributed by atoms with Crippen LogP contribution in [0.5, 0.6) is 0 Å². The Morgan fingerprint density at radius 3 is 3.10 bits per heavy atom. The number of aromatic nitrogens is 2. The van der Waals surface area contributed by atoms with Gasteiger partial charge in [-0.3, -0.25) is 14.3 Å². The van der Waals surface area contributed by atoms with Crippen molar-refractivity contribution in [1.29, 1.82) is 0 Å². The molecule has 2 aromatic rings. The van der Waals surface area contributed by atoms with Crippen molar-refractivity contribution in [2.75, 3.05) is 18.2 Å². The molecular formula is C13H15N3O3S2. The molecule has 0 saturated heterocycles. The Labute approximate surface area is 130 Å². The third-order valence-corrected chi connectivity index (χ3v) is 4.53. The van der Waals surface area contributed by atoms with E-state index >= 15 is 0 Å². The lowest BCUT2D eigenvalue weighted by Gasteiger charge is -2.02. The molecule has 0 spiro atoms. The van der Waals surface area contributed by atoms with E-state index in [1.807, 2.05) is 17.5 Å². The quantitative estimate of drug-likeness (QED) is 0.788. The number of anilines is 1. The standard InChI is InChI=1S/C13H15N3O3S2/c1-19-13(18)7-16-6-10(5-14-16)15-12(17)9-20-8-11-3-2-4-21-11/h2-6H,7-9H2,1H3,(H,15,17). The van der Waals surface area contributed by atoms with Crippen LogP contribution in [0.15, 0.2) is 29.9 Å². The third kappa shape index (κ3) is 5.24. The van der Waals surface area contributed by atoms with Gasteiger partial charge in [-0.25, -0.2) is 0 Å². The fourth-order valence-electron chi connectivity index (χ4n) is 1.55. The molecule has 0 bridgehead atoms. The summed E-state index contributed by atoms with van der Waals surface area (Å²) >= 11 is 3.24. The molecule has 0 aliphatic carbocycles. The largest absolute Gasteiger partial charge is 0.468 e. The summed E-state index contributed by atoms with van der Waals surface area (Å²) < 4.78 is 5.96. The predicted molar refractivity (Wildman–Crippen MR) is 83.4 cm³/mol. The molecule has 0 atom stereocenters. The van der Waals surface area contributed by atoms with Crippen molar-refractivity contribution in [3.8, 4) is 0 Å². The maximum Gasteiger partial charge on any atom is 0.327 e. The van der Waals surface area contributed by atoms with Crippen molar-refractivity contribution < 1.29 is 14.3 Å². The lowest BCUT2D eigenvalue weighted by molar-refractivity contribution is -0.141. The average Bonchev–Trinajstić information content (AvgIpc) is 3.11. The smallest absolute Gasteiger partial charge is 0.327 e. The number of nitrogens with one attached hydrogen (secondary N) is 1. The molecule has 0 radical (unpaired) electrons. The maximum atomic E-state index is 11.8. The highest BCUT2D eigenvalue weighted by molar-refractivity contribution is 7.99. The van der Waals surface area contributed by atoms with Crippen molar-refractivity contribution in [1.82, 2.24) is 9.78 Å². The van der Waals surface area contributed by atoms with Crippen LogP contribution in [0.4, 0.5) is 5.69 Å². The van der Waals surface area contributed by atoms with E-state index in [-0.39, 0.29) is 18.4 Å². The van der Waals surface area contributed by atoms with Gasteiger partial charge in [-0.15, -0.1) is 23.1 Å². The number of hydrogen-bond donors (Lipinski definition) is 1. The first-order valence-electron chi connectivity index (χ1n) is 6.16. The van der Waals surface area contributed by atoms with Gasteiger partial charge in [-0.05, 0) is 11.4 Å². The first-order chi connectivity index (χ1) is 10.2. The van der Waals surface area contributed by atoms with Crippen molar-refractivity contribution >= 4 is 40.7 Å². The normalized spacial score (nSPS) is 10.3. The summed E-state index contributed by atoms with van der Waals surface area (Å²) in [5.41, 5.74) is 0.570. The summed E-state index contributed by atoms with van der Waals surface area (Å²) in [5.74, 6) is 0.726. The van der Waals surface area contributed by atoms with E-state index in [1.165, 1.54) is 22.9 Å². The summed E-state index contributed by atoms with van der Waals surface area (Å²) in [7, 11) is 1.32. The summed E-state index contributed by atoms with van der Waals surface area (Å²) in [4.78, 5) is 24.1. The van der Waals surface area contributed by atoms with Crippen molar-refractivity contribution in [2.24, 2.45) is 0 Å². The number of hydrogen-bond acceptors (Lipinski definition) is 6. The lowest BCUT2D eigenvalue weighted by atomic mass is 10.5. The molecule has 6 nitrogen and oxygen atoms in total. The van der Waals surface area contributed by atoms with Crippen LogP contribution in [0.2, 0.25) is 0 Å². The summed E-state index contributed by atoms with van der Waals surface area (Å²) in [6, 6.07) is 4.04. The van der Waals surface area contributed by atoms with Gasteiger partial charge in [0.25, 0.3) is 0 Å². The summed E-state index contributed by atoms with van der Waals surface area (Å²) in [6.45, 7) is 0.0273. The highest BCUT2D eigenvalue weighted by Crippen LogP contribution is 2.17. The van der Waals surface area contributed by atoms with Gasteiger partial charge in [0.15, 0.2) is 0 Å². The number of carbonyl (C=O) groups is 2. The van der Waals surface area contributed by atoms with Crippen LogP contribution < -0.4 is 5.32 Å². The van der Waals surface area contributed by atoms with Gasteiger partial charge in [0, 0.05) is 16.8 Å². The van der Waals surface area contributed by atoms with Crippen LogP contribution in [0.1, 0.15) is 4.88 Å². The second-order valence-corrected chi connectivity index (χ2v) is 6.14. The number of carbonyl (C=O) groups excluding carboxylic acids is 2. The Balaban J connectivity index is 1.73. The first kappa shape index (κ1) is 15.6. The van der Waals surface area contributed by atoms with E-state index in [0.29, 0.717) is 11.4 Å². The zero-order valence-electron chi connectivity index (χ0n) is 11.4. The number of rotatable bonds is 7. The molecule has 112 valence electrons. The molecule has 1 amide bonds. The Morgan fingerprint density at radius 1 is 1.52 bits per heavy atom. The Kier molecular flexibility index (Phi) is 5.82. The van der Waals surface area contributed by atoms with Crippen LogP contribution in [-0.4, -0.2) is 34.5 Å². The van der Waals surface area contributed by atoms with Gasteiger partial charge in [-0.1, -0.05) is 6.07 Å². The number of nitrogens with zero attached hydrogens (tertiary/aromatic N) is 2. The number of esters is 1. The minimum Gasteiger partial charge on any atom is -0.468 e. The van der Waals surface area contributed by atoms with Crippen molar-refractivity contribution in [3.63, 3.8) is 0 Å². The highest BCUT2D eigenvalue weighted by Gasteiger charge is 2.07. The third-order valence-electron chi connectivity index (χ3n) is 2.49. The van der Waals surface area contributed by atoms with Gasteiger partial charge in [0.1, 0.15) is 6.54 Å². The molecular weight excluding hydrogens is 310 g/mol. The zero-order valence-corrected chi connectivity index (χ0v) is 13.1. The minimum atomic E-state index is -0.387. The molecule has 2 heterocycles. The number of methoxy groups -OCH3 is 1. The fourth-order valence-corrected chi connectivity index (χ4v) is 3.22. The Morgan fingerprint density at radius 2 is 2.38 bits per heavy atom. The number of thioether (sulfide) groups is 1. The van der Waals surface area contributed by atoms with E-state index in [0.717, 1.165) is 5.75 Å². The number of amides is 1. The van der Waals surface area contributed by atoms with Crippen LogP contribution in [-0.2, 0) is 26.6 Å². The zero-order chi connectivity index (χ0) is 15.1. The molecule has 8 heteroatoms. The Bertz CT molecular complexity index is 596. The molecule has 0 aromatic carbocycles. The molecule has 0 unspecified atom stereocenters. The van der Waals surface area contributed by atoms with E-state index in [4.69, 9.17) is 0 Å². The summed E-state index contributed by atoms with van der Waals surface area (Å²) in [5, 5.41) is 8.74. The number of ether oxygens (including phenoxy) is 1. The number of thiophene rings is 1. The fraction of sp³-hybridized carbons (Fsp3) is 0.308. The highest BCUT2D eigenvalue weighted by atomic mass is 32.2. The summed E-state index contributed by atoms with van der Waals surface area (Å²) in [6.07, 6.45) is 3.10. The molecule has 0 aliphatic rings. The van der Waals surface area contributed by atoms with E-state index in [9.17, 15) is 9.59 Å². The average molecular weight is 325 g/mol. The van der Waals surface area contributed by atoms with E-state index in [1.54, 1.807) is 29.3 Å². The second kappa shape index (κ2) is 7.84. The molecule has 2 rings (SSSR count). The first-order valence-corrected chi connectivity index (χ1v) is 8.20. The van der Waals surface area contributed by atoms with Crippen LogP contribution in [0, 0.1) is 0 Å². The van der Waals surface area contributed by atoms with Crippen molar-refractivity contribution in [3.05, 3.63) is 34.8 Å². The topological polar surface area (TPSA) is 73.2 Å². The Hall–Kier alpha value is -1.80. The van der Waals surface area contributed by atoms with Crippen LogP contribution >= 0.6 is 23.1 Å². The van der Waals surface area contributed by atoms with Gasteiger partial charge in [0.05, 0.1) is 24.7 Å². The monoisotopic (exact) mass is 325 g/mol. The molecule has 0 saturated carbocycles. The van der Waals surface area contributed by atoms with Gasteiger partial charge in [0.2, 0.25) is 5.91 Å². The lowest BCUT2D eigenvalue weighted by Crippen LogP contribution is -2.14. The molecule has 21 heavy (non-hydrogen) atoms. The molecule has 1 N–H and O–H groups in total. The maximum absolute atomic E-state index is 11.8. The van der Waals surface area contributed by atoms with Gasteiger partial charge >= 0.3 is 5.97 Å². The van der Waals surface area contributed by atoms with Gasteiger partial charge < -0.3 is 10.1 Å². The van der Waals surface area contributed by atoms with Gasteiger partial charge in [-0.2, -0.15) is 5.10 Å². The van der Waals surface area contributed by atoms with E-state index in [2.05, 4.69) is 15.2 Å². The second-order valence-electron chi connectivity index (χ2n) is 4.12. The predicted octanol–water partition coefficient (Wildman–Crippen LogP) is 1.99. The van der Waals surface area contributed by atoms with Crippen molar-refractivity contribution in [2.45, 2.75) is 12.3 Å². The SMILES string of the molecule is COC(=O)Cn1cc(NC(=O)CSCc2cccs2)cn1. The molecule has 0 aliphatic heterocycles. The van der Waals surface area contributed by atoms with E-state index < -0.39 is 0 Å². The van der Waals surface area contributed by atoms with Crippen LogP contribution in [0.3, 0.4) is 0 Å². The van der Waals surface area contributed by atoms with Crippen LogP contribution in [0.25, 0.3) is 0 Å². The molecule has 2 aromatic heterocycles.